The van der Waals surface area contributed by atoms with Gasteiger partial charge >= 0.3 is 6.18 Å². The Morgan fingerprint density at radius 1 is 0.837 bits per heavy atom. The van der Waals surface area contributed by atoms with Gasteiger partial charge in [0, 0.05) is 41.5 Å². The van der Waals surface area contributed by atoms with Gasteiger partial charge in [0.15, 0.2) is 11.3 Å². The first-order chi connectivity index (χ1) is 23.7. The second-order valence-corrected chi connectivity index (χ2v) is 11.4. The lowest BCUT2D eigenvalue weighted by molar-refractivity contribution is -0.249. The van der Waals surface area contributed by atoms with Crippen molar-refractivity contribution in [2.45, 2.75) is 51.3 Å². The number of allylic oxidation sites excluding steroid dienone is 2. The molecule has 0 aliphatic carbocycles. The van der Waals surface area contributed by atoms with Crippen LogP contribution in [-0.2, 0) is 10.3 Å². The van der Waals surface area contributed by atoms with E-state index in [-0.39, 0.29) is 5.56 Å². The topological polar surface area (TPSA) is 93.1 Å². The summed E-state index contributed by atoms with van der Waals surface area (Å²) in [7, 11) is 1.65. The summed E-state index contributed by atoms with van der Waals surface area (Å²) in [5.41, 5.74) is -1.74. The number of hydrogen-bond donors (Lipinski definition) is 0. The number of methoxy groups -OCH3 is 1. The van der Waals surface area contributed by atoms with Crippen LogP contribution in [0.1, 0.15) is 61.8 Å². The molecule has 0 aromatic heterocycles. The number of ether oxygens (including phenoxy) is 2. The lowest BCUT2D eigenvalue weighted by Gasteiger charge is -2.33. The maximum absolute atomic E-state index is 15.0. The molecule has 3 aromatic rings. The van der Waals surface area contributed by atoms with E-state index in [1.165, 1.54) is 36.4 Å². The van der Waals surface area contributed by atoms with Crippen LogP contribution in [0.15, 0.2) is 101 Å². The highest BCUT2D eigenvalue weighted by Crippen LogP contribution is 2.55. The van der Waals surface area contributed by atoms with E-state index in [1.807, 2.05) is 30.4 Å². The van der Waals surface area contributed by atoms with E-state index in [0.717, 1.165) is 61.3 Å². The fraction of sp³-hybridized carbons (Fsp3) is 0.275. The Hall–Kier alpha value is -5.72. The van der Waals surface area contributed by atoms with Gasteiger partial charge in [0.2, 0.25) is 0 Å². The molecule has 250 valence electrons. The molecule has 1 aliphatic heterocycles. The third-order valence-corrected chi connectivity index (χ3v) is 8.25. The van der Waals surface area contributed by atoms with Crippen LogP contribution in [0.4, 0.5) is 18.9 Å². The summed E-state index contributed by atoms with van der Waals surface area (Å²) in [6, 6.07) is 25.0. The van der Waals surface area contributed by atoms with Crippen molar-refractivity contribution in [2.24, 2.45) is 0 Å². The number of nitriles is 3. The molecule has 0 saturated carbocycles. The molecule has 1 unspecified atom stereocenters. The molecule has 0 bridgehead atoms. The summed E-state index contributed by atoms with van der Waals surface area (Å²) >= 11 is 0. The zero-order valence-corrected chi connectivity index (χ0v) is 27.7. The second kappa shape index (κ2) is 16.4. The molecule has 1 atom stereocenters. The summed E-state index contributed by atoms with van der Waals surface area (Å²) in [6.45, 7) is 6.34. The van der Waals surface area contributed by atoms with Gasteiger partial charge in [0.1, 0.15) is 29.5 Å². The van der Waals surface area contributed by atoms with Crippen LogP contribution in [0.25, 0.3) is 18.2 Å². The standard InChI is InChI=1S/C40H37F3N4O2/c1-4-6-23-47(24-7-5-2)34-21-20-31(37(25-34)48-3)19-17-29-13-15-30(16-14-29)18-22-36-35(28-46)38(32(26-44)27-45)49-39(36,40(41,42)43)33-11-9-8-10-12-33/h8-22,25H,4-7,23-24H2,1-3H3/b19-17+,22-18+. The minimum absolute atomic E-state index is 0.293. The fourth-order valence-corrected chi connectivity index (χ4v) is 5.62. The van der Waals surface area contributed by atoms with Gasteiger partial charge in [0.05, 0.1) is 7.11 Å². The smallest absolute Gasteiger partial charge is 0.437 e. The molecule has 0 fully saturated rings. The van der Waals surface area contributed by atoms with Gasteiger partial charge in [-0.1, -0.05) is 106 Å². The van der Waals surface area contributed by atoms with Crippen LogP contribution in [0.5, 0.6) is 5.75 Å². The molecule has 9 heteroatoms. The SMILES string of the molecule is CCCCN(CCCC)c1ccc(/C=C/c2ccc(/C=C/C3=C(C#N)C(=C(C#N)C#N)OC3(c3ccccc3)C(F)(F)F)cc2)c(OC)c1. The third kappa shape index (κ3) is 7.88. The van der Waals surface area contributed by atoms with Gasteiger partial charge in [-0.2, -0.15) is 29.0 Å². The van der Waals surface area contributed by atoms with Crippen LogP contribution in [0.3, 0.4) is 0 Å². The summed E-state index contributed by atoms with van der Waals surface area (Å²) in [4.78, 5) is 2.39. The lowest BCUT2D eigenvalue weighted by atomic mass is 9.83. The molecule has 3 aromatic carbocycles. The Balaban J connectivity index is 1.66. The monoisotopic (exact) mass is 662 g/mol. The third-order valence-electron chi connectivity index (χ3n) is 8.25. The second-order valence-electron chi connectivity index (χ2n) is 11.4. The van der Waals surface area contributed by atoms with Crippen LogP contribution >= 0.6 is 0 Å². The minimum Gasteiger partial charge on any atom is -0.496 e. The van der Waals surface area contributed by atoms with E-state index >= 15 is 13.2 Å². The molecule has 6 nitrogen and oxygen atoms in total. The van der Waals surface area contributed by atoms with Gasteiger partial charge in [-0.3, -0.25) is 0 Å². The van der Waals surface area contributed by atoms with Crippen molar-refractivity contribution >= 4 is 23.9 Å². The average Bonchev–Trinajstić information content (AvgIpc) is 3.46. The summed E-state index contributed by atoms with van der Waals surface area (Å²) < 4.78 is 56.2. The van der Waals surface area contributed by atoms with E-state index in [4.69, 9.17) is 9.47 Å². The molecule has 49 heavy (non-hydrogen) atoms. The number of halogens is 3. The highest BCUT2D eigenvalue weighted by molar-refractivity contribution is 5.75. The number of benzene rings is 3. The molecule has 1 aliphatic rings. The number of anilines is 1. The van der Waals surface area contributed by atoms with E-state index in [2.05, 4.69) is 30.9 Å². The Morgan fingerprint density at radius 2 is 1.43 bits per heavy atom. The molecular weight excluding hydrogens is 625 g/mol. The maximum Gasteiger partial charge on any atom is 0.437 e. The van der Waals surface area contributed by atoms with Gasteiger partial charge in [-0.25, -0.2) is 0 Å². The highest BCUT2D eigenvalue weighted by atomic mass is 19.4. The van der Waals surface area contributed by atoms with Crippen LogP contribution in [0, 0.1) is 34.0 Å². The normalized spacial score (nSPS) is 15.9. The first-order valence-corrected chi connectivity index (χ1v) is 16.1. The minimum atomic E-state index is -5.05. The van der Waals surface area contributed by atoms with Crippen molar-refractivity contribution in [3.8, 4) is 24.0 Å². The first-order valence-electron chi connectivity index (χ1n) is 16.1. The average molecular weight is 663 g/mol. The molecule has 0 amide bonds. The Kier molecular flexibility index (Phi) is 12.1. The Labute approximate surface area is 285 Å². The van der Waals surface area contributed by atoms with Crippen LogP contribution < -0.4 is 9.64 Å². The van der Waals surface area contributed by atoms with Crippen molar-refractivity contribution in [2.75, 3.05) is 25.1 Å². The number of unbranched alkanes of at least 4 members (excludes halogenated alkanes) is 2. The summed E-state index contributed by atoms with van der Waals surface area (Å²) in [5.74, 6) is 0.0505. The van der Waals surface area contributed by atoms with E-state index in [9.17, 15) is 15.8 Å². The molecule has 4 rings (SSSR count). The predicted octanol–water partition coefficient (Wildman–Crippen LogP) is 9.89. The van der Waals surface area contributed by atoms with E-state index in [1.54, 1.807) is 43.5 Å². The Bertz CT molecular complexity index is 1850. The highest BCUT2D eigenvalue weighted by Gasteiger charge is 2.65. The number of nitrogens with zero attached hydrogens (tertiary/aromatic N) is 4. The molecule has 0 saturated heterocycles. The molecular formula is C40H37F3N4O2. The number of rotatable bonds is 13. The quantitative estimate of drug-likeness (QED) is 0.134. The Morgan fingerprint density at radius 3 is 1.94 bits per heavy atom. The van der Waals surface area contributed by atoms with Crippen molar-refractivity contribution in [1.82, 2.24) is 0 Å². The largest absolute Gasteiger partial charge is 0.496 e. The molecule has 0 N–H and O–H groups in total. The lowest BCUT2D eigenvalue weighted by Crippen LogP contribution is -2.43. The van der Waals surface area contributed by atoms with Crippen LogP contribution in [-0.4, -0.2) is 26.4 Å². The number of alkyl halides is 3. The zero-order valence-electron chi connectivity index (χ0n) is 27.7. The van der Waals surface area contributed by atoms with Crippen molar-refractivity contribution in [1.29, 1.82) is 15.8 Å². The number of hydrogen-bond acceptors (Lipinski definition) is 6. The summed E-state index contributed by atoms with van der Waals surface area (Å²) in [6.07, 6.45) is 5.89. The predicted molar refractivity (Wildman–Crippen MR) is 186 cm³/mol. The fourth-order valence-electron chi connectivity index (χ4n) is 5.62. The van der Waals surface area contributed by atoms with E-state index in [0.29, 0.717) is 5.56 Å². The molecule has 0 spiro atoms. The van der Waals surface area contributed by atoms with Crippen molar-refractivity contribution in [3.63, 3.8) is 0 Å². The molecule has 0 radical (unpaired) electrons. The van der Waals surface area contributed by atoms with Gasteiger partial charge in [-0.05, 0) is 36.1 Å². The van der Waals surface area contributed by atoms with Crippen molar-refractivity contribution < 1.29 is 22.6 Å². The maximum atomic E-state index is 15.0. The summed E-state index contributed by atoms with van der Waals surface area (Å²) in [5, 5.41) is 28.9. The van der Waals surface area contributed by atoms with Gasteiger partial charge < -0.3 is 14.4 Å². The van der Waals surface area contributed by atoms with Crippen molar-refractivity contribution in [3.05, 3.63) is 124 Å². The zero-order chi connectivity index (χ0) is 35.4. The van der Waals surface area contributed by atoms with Gasteiger partial charge in [0.25, 0.3) is 5.60 Å². The van der Waals surface area contributed by atoms with Gasteiger partial charge in [-0.15, -0.1) is 0 Å². The van der Waals surface area contributed by atoms with Crippen LogP contribution in [0.2, 0.25) is 0 Å². The first kappa shape index (κ1) is 36.1. The van der Waals surface area contributed by atoms with E-state index < -0.39 is 34.3 Å². The molecule has 1 heterocycles.